The Morgan fingerprint density at radius 3 is 2.59 bits per heavy atom. The molecule has 0 bridgehead atoms. The third kappa shape index (κ3) is 4.78. The largest absolute Gasteiger partial charge is 0.383 e. The molecule has 0 spiro atoms. The molecule has 10 heteroatoms. The number of pyridine rings is 1. The summed E-state index contributed by atoms with van der Waals surface area (Å²) in [6.07, 6.45) is 4.63. The highest BCUT2D eigenvalue weighted by Gasteiger charge is 2.18. The molecule has 5 aromatic rings. The van der Waals surface area contributed by atoms with E-state index in [0.29, 0.717) is 23.0 Å². The Bertz CT molecular complexity index is 1640. The predicted octanol–water partition coefficient (Wildman–Crippen LogP) is 4.85. The van der Waals surface area contributed by atoms with Crippen molar-refractivity contribution in [2.75, 3.05) is 11.1 Å². The molecule has 9 nitrogen and oxygen atoms in total. The Morgan fingerprint density at radius 2 is 1.86 bits per heavy atom. The molecule has 0 saturated heterocycles. The second kappa shape index (κ2) is 9.75. The van der Waals surface area contributed by atoms with E-state index < -0.39 is 11.9 Å². The number of aromatic amines is 1. The number of aromatic nitrogens is 4. The minimum absolute atomic E-state index is 0.207. The van der Waals surface area contributed by atoms with Gasteiger partial charge in [-0.1, -0.05) is 24.3 Å². The number of carbonyl (C=O) groups excluding carboxylic acids is 1. The number of amides is 1. The maximum atomic E-state index is 13.3. The molecule has 37 heavy (non-hydrogen) atoms. The highest BCUT2D eigenvalue weighted by atomic mass is 19.1. The molecule has 0 aliphatic heterocycles. The first-order valence-corrected chi connectivity index (χ1v) is 11.3. The molecule has 0 radical (unpaired) electrons. The fraction of sp³-hybridized carbons (Fsp3) is 0.0741. The third-order valence-corrected chi connectivity index (χ3v) is 5.94. The molecule has 3 heterocycles. The summed E-state index contributed by atoms with van der Waals surface area (Å²) in [4.78, 5) is 28.8. The van der Waals surface area contributed by atoms with Gasteiger partial charge in [0.1, 0.15) is 35.5 Å². The van der Waals surface area contributed by atoms with Crippen molar-refractivity contribution in [3.8, 4) is 17.2 Å². The molecule has 0 saturated carbocycles. The SMILES string of the molecule is C[C@H](NC(=O)c1cc(C#N)cnc1Nc1ccc(-c2c[nH]c3ncnc(N)c23)cc1)c1ccc(F)cc1. The number of hydrogen-bond donors (Lipinski definition) is 4. The summed E-state index contributed by atoms with van der Waals surface area (Å²) in [6, 6.07) is 16.5. The van der Waals surface area contributed by atoms with Crippen molar-refractivity contribution in [3.63, 3.8) is 0 Å². The van der Waals surface area contributed by atoms with Crippen molar-refractivity contribution in [1.29, 1.82) is 5.26 Å². The van der Waals surface area contributed by atoms with E-state index in [4.69, 9.17) is 5.73 Å². The number of hydrogen-bond acceptors (Lipinski definition) is 7. The van der Waals surface area contributed by atoms with Gasteiger partial charge in [-0.25, -0.2) is 19.3 Å². The lowest BCUT2D eigenvalue weighted by molar-refractivity contribution is 0.0940. The summed E-state index contributed by atoms with van der Waals surface area (Å²) in [5.41, 5.74) is 10.4. The van der Waals surface area contributed by atoms with E-state index in [2.05, 4.69) is 30.6 Å². The van der Waals surface area contributed by atoms with Crippen molar-refractivity contribution in [2.24, 2.45) is 0 Å². The summed E-state index contributed by atoms with van der Waals surface area (Å²) < 4.78 is 13.3. The molecule has 1 amide bonds. The maximum Gasteiger partial charge on any atom is 0.255 e. The quantitative estimate of drug-likeness (QED) is 0.265. The standard InChI is InChI=1S/C27H21FN8O/c1-15(17-2-6-19(28)7-3-17)35-27(37)21-10-16(11-29)12-31-25(21)36-20-8-4-18(5-9-20)22-13-32-26-23(22)24(30)33-14-34-26/h2-10,12-15H,1H3,(H,31,36)(H,35,37)(H3,30,32,33,34)/t15-/m0/s1. The second-order valence-electron chi connectivity index (χ2n) is 8.37. The smallest absolute Gasteiger partial charge is 0.255 e. The summed E-state index contributed by atoms with van der Waals surface area (Å²) in [5.74, 6) is -0.0990. The van der Waals surface area contributed by atoms with E-state index in [-0.39, 0.29) is 16.9 Å². The average molecular weight is 493 g/mol. The van der Waals surface area contributed by atoms with Crippen LogP contribution < -0.4 is 16.4 Å². The number of rotatable bonds is 6. The van der Waals surface area contributed by atoms with Gasteiger partial charge < -0.3 is 21.4 Å². The van der Waals surface area contributed by atoms with Crippen molar-refractivity contribution in [1.82, 2.24) is 25.3 Å². The fourth-order valence-corrected chi connectivity index (χ4v) is 3.99. The van der Waals surface area contributed by atoms with Crippen LogP contribution in [-0.2, 0) is 0 Å². The van der Waals surface area contributed by atoms with Crippen LogP contribution in [0.4, 0.5) is 21.7 Å². The minimum atomic E-state index is -0.421. The normalized spacial score (nSPS) is 11.6. The van der Waals surface area contributed by atoms with Gasteiger partial charge in [-0.15, -0.1) is 0 Å². The zero-order valence-electron chi connectivity index (χ0n) is 19.7. The zero-order valence-corrected chi connectivity index (χ0v) is 19.7. The van der Waals surface area contributed by atoms with E-state index in [9.17, 15) is 14.4 Å². The number of nitriles is 1. The maximum absolute atomic E-state index is 13.3. The number of benzene rings is 2. The number of nitrogen functional groups attached to an aromatic ring is 1. The van der Waals surface area contributed by atoms with Gasteiger partial charge >= 0.3 is 0 Å². The molecule has 3 aromatic heterocycles. The van der Waals surface area contributed by atoms with E-state index in [1.54, 1.807) is 19.1 Å². The van der Waals surface area contributed by atoms with E-state index >= 15 is 0 Å². The fourth-order valence-electron chi connectivity index (χ4n) is 3.99. The summed E-state index contributed by atoms with van der Waals surface area (Å²) >= 11 is 0. The van der Waals surface area contributed by atoms with Gasteiger partial charge in [0.2, 0.25) is 0 Å². The number of carbonyl (C=O) groups is 1. The topological polar surface area (TPSA) is 145 Å². The average Bonchev–Trinajstić information content (AvgIpc) is 3.35. The first kappa shape index (κ1) is 23.4. The first-order valence-electron chi connectivity index (χ1n) is 11.3. The Hall–Kier alpha value is -5.30. The number of H-pyrrole nitrogens is 1. The number of nitrogens with two attached hydrogens (primary N) is 1. The Labute approximate surface area is 211 Å². The number of anilines is 3. The Kier molecular flexibility index (Phi) is 6.18. The van der Waals surface area contributed by atoms with Crippen molar-refractivity contribution in [2.45, 2.75) is 13.0 Å². The minimum Gasteiger partial charge on any atom is -0.383 e. The van der Waals surface area contributed by atoms with Crippen LogP contribution in [0.2, 0.25) is 0 Å². The molecule has 0 aliphatic rings. The van der Waals surface area contributed by atoms with Crippen molar-refractivity contribution >= 4 is 34.3 Å². The van der Waals surface area contributed by atoms with Gasteiger partial charge in [0, 0.05) is 23.6 Å². The molecule has 0 unspecified atom stereocenters. The van der Waals surface area contributed by atoms with Gasteiger partial charge in [0.15, 0.2) is 0 Å². The molecule has 0 aliphatic carbocycles. The second-order valence-corrected chi connectivity index (χ2v) is 8.37. The molecule has 0 fully saturated rings. The lowest BCUT2D eigenvalue weighted by Crippen LogP contribution is -2.27. The third-order valence-electron chi connectivity index (χ3n) is 5.94. The molecule has 5 rings (SSSR count). The van der Waals surface area contributed by atoms with Crippen LogP contribution in [0.5, 0.6) is 0 Å². The molecular weight excluding hydrogens is 471 g/mol. The molecule has 2 aromatic carbocycles. The van der Waals surface area contributed by atoms with Gasteiger partial charge in [-0.2, -0.15) is 5.26 Å². The molecule has 1 atom stereocenters. The zero-order chi connectivity index (χ0) is 25.9. The van der Waals surface area contributed by atoms with Crippen molar-refractivity contribution < 1.29 is 9.18 Å². The number of nitrogens with one attached hydrogen (secondary N) is 3. The molecular formula is C27H21FN8O. The number of nitrogens with zero attached hydrogens (tertiary/aromatic N) is 4. The van der Waals surface area contributed by atoms with Gasteiger partial charge in [-0.05, 0) is 48.4 Å². The van der Waals surface area contributed by atoms with Crippen LogP contribution in [0, 0.1) is 17.1 Å². The lowest BCUT2D eigenvalue weighted by atomic mass is 10.1. The van der Waals surface area contributed by atoms with E-state index in [1.807, 2.05) is 36.5 Å². The predicted molar refractivity (Wildman–Crippen MR) is 138 cm³/mol. The van der Waals surface area contributed by atoms with Gasteiger partial charge in [-0.3, -0.25) is 4.79 Å². The monoisotopic (exact) mass is 492 g/mol. The highest BCUT2D eigenvalue weighted by Crippen LogP contribution is 2.32. The number of fused-ring (bicyclic) bond motifs is 1. The van der Waals surface area contributed by atoms with E-state index in [1.165, 1.54) is 30.7 Å². The molecule has 182 valence electrons. The molecule has 5 N–H and O–H groups in total. The van der Waals surface area contributed by atoms with Crippen molar-refractivity contribution in [3.05, 3.63) is 95.8 Å². The van der Waals surface area contributed by atoms with E-state index in [0.717, 1.165) is 22.1 Å². The van der Waals surface area contributed by atoms with Gasteiger partial charge in [0.25, 0.3) is 5.91 Å². The summed E-state index contributed by atoms with van der Waals surface area (Å²) in [6.45, 7) is 1.79. The van der Waals surface area contributed by atoms with Crippen LogP contribution in [0.15, 0.2) is 73.3 Å². The van der Waals surface area contributed by atoms with Crippen LogP contribution in [0.3, 0.4) is 0 Å². The van der Waals surface area contributed by atoms with Gasteiger partial charge in [0.05, 0.1) is 22.6 Å². The summed E-state index contributed by atoms with van der Waals surface area (Å²) in [5, 5.41) is 16.1. The Morgan fingerprint density at radius 1 is 1.11 bits per heavy atom. The highest BCUT2D eigenvalue weighted by molar-refractivity contribution is 6.01. The summed E-state index contributed by atoms with van der Waals surface area (Å²) in [7, 11) is 0. The first-order chi connectivity index (χ1) is 17.9. The lowest BCUT2D eigenvalue weighted by Gasteiger charge is -2.16. The Balaban J connectivity index is 1.39. The van der Waals surface area contributed by atoms with Crippen LogP contribution >= 0.6 is 0 Å². The van der Waals surface area contributed by atoms with Crippen LogP contribution in [0.25, 0.3) is 22.2 Å². The number of halogens is 1. The van der Waals surface area contributed by atoms with Crippen LogP contribution in [0.1, 0.15) is 34.5 Å². The van der Waals surface area contributed by atoms with Crippen LogP contribution in [-0.4, -0.2) is 25.8 Å².